The third-order valence-electron chi connectivity index (χ3n) is 4.68. The van der Waals surface area contributed by atoms with Crippen molar-refractivity contribution < 1.29 is 18.8 Å². The lowest BCUT2D eigenvalue weighted by Gasteiger charge is -2.30. The lowest BCUT2D eigenvalue weighted by Crippen LogP contribution is -2.50. The Balaban J connectivity index is 1.87. The Morgan fingerprint density at radius 3 is 2.15 bits per heavy atom. The molecule has 0 bridgehead atoms. The molecule has 1 unspecified atom stereocenters. The second-order valence-corrected chi connectivity index (χ2v) is 7.38. The molecule has 142 valence electrons. The SMILES string of the molecule is Cc1ccc(CN(C)C(=O)C(CC(C)C)N2C(=O)c3ccccc3C2=O)o1. The molecule has 1 aromatic carbocycles. The van der Waals surface area contributed by atoms with Crippen molar-refractivity contribution in [2.75, 3.05) is 7.05 Å². The van der Waals surface area contributed by atoms with E-state index in [4.69, 9.17) is 4.42 Å². The predicted molar refractivity (Wildman–Crippen MR) is 100 cm³/mol. The molecule has 1 aliphatic rings. The Morgan fingerprint density at radius 1 is 1.07 bits per heavy atom. The number of furan rings is 1. The first-order valence-electron chi connectivity index (χ1n) is 9.06. The van der Waals surface area contributed by atoms with E-state index in [9.17, 15) is 14.4 Å². The summed E-state index contributed by atoms with van der Waals surface area (Å²) in [6.07, 6.45) is 0.409. The van der Waals surface area contributed by atoms with Crippen LogP contribution in [0.2, 0.25) is 0 Å². The summed E-state index contributed by atoms with van der Waals surface area (Å²) < 4.78 is 5.54. The van der Waals surface area contributed by atoms with Crippen molar-refractivity contribution in [2.45, 2.75) is 39.8 Å². The maximum absolute atomic E-state index is 13.2. The average Bonchev–Trinajstić information content (AvgIpc) is 3.14. The molecule has 6 nitrogen and oxygen atoms in total. The van der Waals surface area contributed by atoms with Crippen molar-refractivity contribution in [3.05, 3.63) is 59.0 Å². The van der Waals surface area contributed by atoms with E-state index in [1.807, 2.05) is 32.9 Å². The molecule has 2 heterocycles. The van der Waals surface area contributed by atoms with Crippen LogP contribution in [0.1, 0.15) is 52.5 Å². The zero-order chi connectivity index (χ0) is 19.7. The lowest BCUT2D eigenvalue weighted by molar-refractivity contribution is -0.135. The Kier molecular flexibility index (Phi) is 5.17. The van der Waals surface area contributed by atoms with Crippen LogP contribution in [-0.4, -0.2) is 40.6 Å². The van der Waals surface area contributed by atoms with E-state index in [1.165, 1.54) is 4.90 Å². The molecule has 0 aliphatic carbocycles. The summed E-state index contributed by atoms with van der Waals surface area (Å²) in [5.74, 6) is 0.488. The normalized spacial score (nSPS) is 14.6. The third kappa shape index (κ3) is 3.65. The molecule has 0 N–H and O–H groups in total. The molecule has 0 saturated carbocycles. The van der Waals surface area contributed by atoms with Gasteiger partial charge in [-0.25, -0.2) is 0 Å². The Bertz CT molecular complexity index is 849. The second kappa shape index (κ2) is 7.39. The molecule has 0 radical (unpaired) electrons. The number of imide groups is 1. The van der Waals surface area contributed by atoms with E-state index in [1.54, 1.807) is 31.3 Å². The maximum Gasteiger partial charge on any atom is 0.262 e. The highest BCUT2D eigenvalue weighted by molar-refractivity contribution is 6.22. The van der Waals surface area contributed by atoms with E-state index in [0.717, 1.165) is 10.7 Å². The van der Waals surface area contributed by atoms with Crippen molar-refractivity contribution in [2.24, 2.45) is 5.92 Å². The number of fused-ring (bicyclic) bond motifs is 1. The predicted octanol–water partition coefficient (Wildman–Crippen LogP) is 3.26. The van der Waals surface area contributed by atoms with Crippen molar-refractivity contribution in [3.8, 4) is 0 Å². The first-order valence-corrected chi connectivity index (χ1v) is 9.06. The van der Waals surface area contributed by atoms with Crippen LogP contribution < -0.4 is 0 Å². The summed E-state index contributed by atoms with van der Waals surface area (Å²) in [6.45, 7) is 6.05. The highest BCUT2D eigenvalue weighted by atomic mass is 16.3. The Morgan fingerprint density at radius 2 is 1.67 bits per heavy atom. The Hall–Kier alpha value is -2.89. The number of amides is 3. The van der Waals surface area contributed by atoms with Crippen molar-refractivity contribution in [1.82, 2.24) is 9.80 Å². The van der Waals surface area contributed by atoms with Gasteiger partial charge in [0.05, 0.1) is 17.7 Å². The van der Waals surface area contributed by atoms with Gasteiger partial charge in [0.2, 0.25) is 5.91 Å². The quantitative estimate of drug-likeness (QED) is 0.734. The minimum atomic E-state index is -0.835. The second-order valence-electron chi connectivity index (χ2n) is 7.38. The number of hydrogen-bond donors (Lipinski definition) is 0. The molecular weight excluding hydrogens is 344 g/mol. The van der Waals surface area contributed by atoms with Crippen molar-refractivity contribution >= 4 is 17.7 Å². The highest BCUT2D eigenvalue weighted by Gasteiger charge is 2.43. The van der Waals surface area contributed by atoms with Gasteiger partial charge in [0.15, 0.2) is 0 Å². The van der Waals surface area contributed by atoms with E-state index in [-0.39, 0.29) is 18.4 Å². The summed E-state index contributed by atoms with van der Waals surface area (Å²) in [5.41, 5.74) is 0.710. The Labute approximate surface area is 158 Å². The maximum atomic E-state index is 13.2. The summed E-state index contributed by atoms with van der Waals surface area (Å²) in [7, 11) is 1.66. The zero-order valence-corrected chi connectivity index (χ0v) is 16.1. The van der Waals surface area contributed by atoms with Crippen LogP contribution in [0.5, 0.6) is 0 Å². The molecular formula is C21H24N2O4. The fourth-order valence-electron chi connectivity index (χ4n) is 3.39. The van der Waals surface area contributed by atoms with Gasteiger partial charge in [0, 0.05) is 7.05 Å². The molecule has 27 heavy (non-hydrogen) atoms. The van der Waals surface area contributed by atoms with E-state index in [0.29, 0.717) is 23.3 Å². The molecule has 3 amide bonds. The standard InChI is InChI=1S/C21H24N2O4/c1-13(2)11-18(21(26)22(4)12-15-10-9-14(3)27-15)23-19(24)16-7-5-6-8-17(16)20(23)25/h5-10,13,18H,11-12H2,1-4H3. The molecule has 6 heteroatoms. The summed E-state index contributed by atoms with van der Waals surface area (Å²) in [6, 6.07) is 9.51. The molecule has 2 aromatic rings. The zero-order valence-electron chi connectivity index (χ0n) is 16.1. The highest BCUT2D eigenvalue weighted by Crippen LogP contribution is 2.28. The number of nitrogens with zero attached hydrogens (tertiary/aromatic N) is 2. The number of likely N-dealkylation sites (N-methyl/N-ethyl adjacent to an activating group) is 1. The molecule has 1 atom stereocenters. The number of rotatable bonds is 6. The average molecular weight is 368 g/mol. The van der Waals surface area contributed by atoms with Crippen LogP contribution in [-0.2, 0) is 11.3 Å². The van der Waals surface area contributed by atoms with Gasteiger partial charge in [-0.1, -0.05) is 26.0 Å². The molecule has 0 spiro atoms. The van der Waals surface area contributed by atoms with Crippen LogP contribution >= 0.6 is 0 Å². The van der Waals surface area contributed by atoms with Crippen LogP contribution in [0.25, 0.3) is 0 Å². The summed E-state index contributed by atoms with van der Waals surface area (Å²) >= 11 is 0. The number of carbonyl (C=O) groups is 3. The molecule has 3 rings (SSSR count). The monoisotopic (exact) mass is 368 g/mol. The minimum Gasteiger partial charge on any atom is -0.464 e. The van der Waals surface area contributed by atoms with Gasteiger partial charge in [-0.15, -0.1) is 0 Å². The van der Waals surface area contributed by atoms with Crippen LogP contribution in [0.3, 0.4) is 0 Å². The van der Waals surface area contributed by atoms with Gasteiger partial charge >= 0.3 is 0 Å². The van der Waals surface area contributed by atoms with Gasteiger partial charge in [-0.2, -0.15) is 0 Å². The van der Waals surface area contributed by atoms with Crippen LogP contribution in [0.15, 0.2) is 40.8 Å². The molecule has 1 aromatic heterocycles. The smallest absolute Gasteiger partial charge is 0.262 e. The fourth-order valence-corrected chi connectivity index (χ4v) is 3.39. The van der Waals surface area contributed by atoms with Crippen molar-refractivity contribution in [3.63, 3.8) is 0 Å². The first-order chi connectivity index (χ1) is 12.8. The third-order valence-corrected chi connectivity index (χ3v) is 4.68. The van der Waals surface area contributed by atoms with Gasteiger partial charge in [0.25, 0.3) is 11.8 Å². The fraction of sp³-hybridized carbons (Fsp3) is 0.381. The first kappa shape index (κ1) is 18.9. The molecule has 0 fully saturated rings. The molecule has 1 aliphatic heterocycles. The minimum absolute atomic E-state index is 0.141. The number of hydrogen-bond acceptors (Lipinski definition) is 4. The van der Waals surface area contributed by atoms with Gasteiger partial charge in [-0.05, 0) is 43.5 Å². The summed E-state index contributed by atoms with van der Waals surface area (Å²) in [4.78, 5) is 41.5. The van der Waals surface area contributed by atoms with Gasteiger partial charge in [0.1, 0.15) is 17.6 Å². The van der Waals surface area contributed by atoms with E-state index >= 15 is 0 Å². The number of carbonyl (C=O) groups excluding carboxylic acids is 3. The van der Waals surface area contributed by atoms with E-state index in [2.05, 4.69) is 0 Å². The van der Waals surface area contributed by atoms with Crippen molar-refractivity contribution in [1.29, 1.82) is 0 Å². The van der Waals surface area contributed by atoms with E-state index < -0.39 is 17.9 Å². The topological polar surface area (TPSA) is 70.8 Å². The van der Waals surface area contributed by atoms with Crippen LogP contribution in [0, 0.1) is 12.8 Å². The van der Waals surface area contributed by atoms with Crippen LogP contribution in [0.4, 0.5) is 0 Å². The summed E-state index contributed by atoms with van der Waals surface area (Å²) in [5, 5.41) is 0. The lowest BCUT2D eigenvalue weighted by atomic mass is 10.0. The van der Waals surface area contributed by atoms with Gasteiger partial charge in [-0.3, -0.25) is 19.3 Å². The number of benzene rings is 1. The number of aryl methyl sites for hydroxylation is 1. The van der Waals surface area contributed by atoms with Gasteiger partial charge < -0.3 is 9.32 Å². The largest absolute Gasteiger partial charge is 0.464 e. The molecule has 0 saturated heterocycles.